The van der Waals surface area contributed by atoms with Gasteiger partial charge in [0, 0.05) is 46.3 Å². The highest BCUT2D eigenvalue weighted by molar-refractivity contribution is 14.0. The molecule has 2 aliphatic heterocycles. The zero-order chi connectivity index (χ0) is 18.7. The normalized spacial score (nSPS) is 19.1. The van der Waals surface area contributed by atoms with Gasteiger partial charge in [0.05, 0.1) is 13.2 Å². The average Bonchev–Trinajstić information content (AvgIpc) is 2.73. The molecule has 1 aromatic carbocycles. The number of halogens is 1. The molecule has 0 bridgehead atoms. The van der Waals surface area contributed by atoms with Crippen molar-refractivity contribution in [3.63, 3.8) is 0 Å². The maximum absolute atomic E-state index is 5.39. The molecule has 0 radical (unpaired) electrons. The Morgan fingerprint density at radius 2 is 1.61 bits per heavy atom. The van der Waals surface area contributed by atoms with Crippen molar-refractivity contribution in [2.45, 2.75) is 32.4 Å². The second-order valence-corrected chi connectivity index (χ2v) is 7.46. The van der Waals surface area contributed by atoms with Crippen molar-refractivity contribution in [3.8, 4) is 0 Å². The molecule has 2 fully saturated rings. The molecule has 7 heteroatoms. The highest BCUT2D eigenvalue weighted by Crippen LogP contribution is 2.13. The number of ether oxygens (including phenoxy) is 1. The summed E-state index contributed by atoms with van der Waals surface area (Å²) in [6, 6.07) is 8.99. The van der Waals surface area contributed by atoms with Crippen molar-refractivity contribution in [2.75, 3.05) is 59.5 Å². The van der Waals surface area contributed by atoms with Gasteiger partial charge in [-0.1, -0.05) is 30.7 Å². The Hall–Kier alpha value is -0.900. The van der Waals surface area contributed by atoms with Gasteiger partial charge in [0.25, 0.3) is 0 Å². The van der Waals surface area contributed by atoms with Gasteiger partial charge in [-0.3, -0.25) is 14.8 Å². The molecule has 0 unspecified atom stereocenters. The molecule has 0 aromatic heterocycles. The maximum Gasteiger partial charge on any atom is 0.191 e. The number of hydrogen-bond acceptors (Lipinski definition) is 4. The van der Waals surface area contributed by atoms with E-state index in [0.717, 1.165) is 58.4 Å². The lowest BCUT2D eigenvalue weighted by Crippen LogP contribution is -2.44. The summed E-state index contributed by atoms with van der Waals surface area (Å²) in [5, 5.41) is 6.81. The minimum absolute atomic E-state index is 0. The first-order chi connectivity index (χ1) is 13.3. The number of rotatable bonds is 7. The Balaban J connectivity index is 0.00000280. The van der Waals surface area contributed by atoms with E-state index in [9.17, 15) is 0 Å². The monoisotopic (exact) mass is 501 g/mol. The topological polar surface area (TPSA) is 52.1 Å². The average molecular weight is 501 g/mol. The van der Waals surface area contributed by atoms with Gasteiger partial charge in [-0.2, -0.15) is 0 Å². The molecule has 0 aliphatic carbocycles. The summed E-state index contributed by atoms with van der Waals surface area (Å²) in [5.41, 5.74) is 2.70. The van der Waals surface area contributed by atoms with Gasteiger partial charge in [-0.25, -0.2) is 0 Å². The molecule has 2 heterocycles. The van der Waals surface area contributed by atoms with E-state index < -0.39 is 0 Å². The van der Waals surface area contributed by atoms with Crippen LogP contribution < -0.4 is 10.6 Å². The van der Waals surface area contributed by atoms with E-state index in [1.165, 1.54) is 43.5 Å². The molecule has 2 N–H and O–H groups in total. The third-order valence-corrected chi connectivity index (χ3v) is 5.39. The molecule has 1 aromatic rings. The van der Waals surface area contributed by atoms with Gasteiger partial charge in [-0.05, 0) is 37.1 Å². The van der Waals surface area contributed by atoms with E-state index in [4.69, 9.17) is 4.74 Å². The maximum atomic E-state index is 5.39. The van der Waals surface area contributed by atoms with Gasteiger partial charge >= 0.3 is 0 Å². The van der Waals surface area contributed by atoms with Gasteiger partial charge < -0.3 is 15.4 Å². The molecule has 0 atom stereocenters. The quantitative estimate of drug-likeness (QED) is 0.341. The number of piperidine rings is 1. The second kappa shape index (κ2) is 13.3. The van der Waals surface area contributed by atoms with Crippen LogP contribution in [0, 0.1) is 0 Å². The van der Waals surface area contributed by atoms with Crippen LogP contribution in [0.25, 0.3) is 0 Å². The van der Waals surface area contributed by atoms with E-state index in [-0.39, 0.29) is 24.0 Å². The third kappa shape index (κ3) is 8.23. The van der Waals surface area contributed by atoms with Crippen LogP contribution in [0.1, 0.15) is 30.4 Å². The fourth-order valence-corrected chi connectivity index (χ4v) is 3.70. The molecule has 0 spiro atoms. The number of nitrogens with one attached hydrogen (secondary N) is 2. The summed E-state index contributed by atoms with van der Waals surface area (Å²) in [5.74, 6) is 0.862. The SMILES string of the molecule is CN=C(NCCN1CCOCC1)NCc1ccc(CN2CCCCC2)cc1.I. The van der Waals surface area contributed by atoms with Gasteiger partial charge in [0.1, 0.15) is 0 Å². The molecular weight excluding hydrogens is 465 g/mol. The summed E-state index contributed by atoms with van der Waals surface area (Å²) >= 11 is 0. The minimum Gasteiger partial charge on any atom is -0.379 e. The summed E-state index contributed by atoms with van der Waals surface area (Å²) in [4.78, 5) is 9.31. The molecule has 158 valence electrons. The van der Waals surface area contributed by atoms with Crippen LogP contribution in [0.4, 0.5) is 0 Å². The van der Waals surface area contributed by atoms with E-state index in [1.807, 2.05) is 7.05 Å². The third-order valence-electron chi connectivity index (χ3n) is 5.39. The van der Waals surface area contributed by atoms with E-state index >= 15 is 0 Å². The molecule has 6 nitrogen and oxygen atoms in total. The van der Waals surface area contributed by atoms with Crippen molar-refractivity contribution < 1.29 is 4.74 Å². The summed E-state index contributed by atoms with van der Waals surface area (Å²) in [6.45, 7) is 10.0. The van der Waals surface area contributed by atoms with Crippen molar-refractivity contribution in [1.29, 1.82) is 0 Å². The number of nitrogens with zero attached hydrogens (tertiary/aromatic N) is 3. The highest BCUT2D eigenvalue weighted by atomic mass is 127. The van der Waals surface area contributed by atoms with E-state index in [1.54, 1.807) is 0 Å². The number of aliphatic imine (C=N–C) groups is 1. The van der Waals surface area contributed by atoms with Gasteiger partial charge in [0.2, 0.25) is 0 Å². The molecule has 0 amide bonds. The van der Waals surface area contributed by atoms with Crippen molar-refractivity contribution in [1.82, 2.24) is 20.4 Å². The Labute approximate surface area is 187 Å². The molecule has 3 rings (SSSR count). The number of guanidine groups is 1. The minimum atomic E-state index is 0. The van der Waals surface area contributed by atoms with Crippen LogP contribution in [-0.4, -0.2) is 75.3 Å². The van der Waals surface area contributed by atoms with Crippen molar-refractivity contribution >= 4 is 29.9 Å². The van der Waals surface area contributed by atoms with Crippen LogP contribution in [0.2, 0.25) is 0 Å². The first kappa shape index (κ1) is 23.4. The number of hydrogen-bond donors (Lipinski definition) is 2. The fraction of sp³-hybridized carbons (Fsp3) is 0.667. The Kier molecular flexibility index (Phi) is 11.1. The first-order valence-corrected chi connectivity index (χ1v) is 10.4. The molecule has 2 saturated heterocycles. The lowest BCUT2D eigenvalue weighted by atomic mass is 10.1. The number of morpholine rings is 1. The fourth-order valence-electron chi connectivity index (χ4n) is 3.70. The second-order valence-electron chi connectivity index (χ2n) is 7.46. The van der Waals surface area contributed by atoms with Crippen molar-refractivity contribution in [3.05, 3.63) is 35.4 Å². The lowest BCUT2D eigenvalue weighted by Gasteiger charge is -2.26. The molecular formula is C21H36IN5O. The molecule has 0 saturated carbocycles. The lowest BCUT2D eigenvalue weighted by molar-refractivity contribution is 0.0389. The predicted molar refractivity (Wildman–Crippen MR) is 126 cm³/mol. The zero-order valence-electron chi connectivity index (χ0n) is 17.2. The predicted octanol–water partition coefficient (Wildman–Crippen LogP) is 2.29. The zero-order valence-corrected chi connectivity index (χ0v) is 19.5. The van der Waals surface area contributed by atoms with Crippen molar-refractivity contribution in [2.24, 2.45) is 4.99 Å². The van der Waals surface area contributed by atoms with Gasteiger partial charge in [0.15, 0.2) is 5.96 Å². The number of benzene rings is 1. The Morgan fingerprint density at radius 1 is 0.929 bits per heavy atom. The standard InChI is InChI=1S/C21H35N5O.HI/c1-22-21(23-9-12-25-13-15-27-16-14-25)24-17-19-5-7-20(8-6-19)18-26-10-3-2-4-11-26;/h5-8H,2-4,9-18H2,1H3,(H2,22,23,24);1H. The summed E-state index contributed by atoms with van der Waals surface area (Å²) < 4.78 is 5.39. The van der Waals surface area contributed by atoms with Crippen LogP contribution in [0.3, 0.4) is 0 Å². The Morgan fingerprint density at radius 3 is 2.29 bits per heavy atom. The van der Waals surface area contributed by atoms with Crippen LogP contribution in [0.15, 0.2) is 29.3 Å². The Bertz CT molecular complexity index is 569. The molecule has 28 heavy (non-hydrogen) atoms. The van der Waals surface area contributed by atoms with Crippen LogP contribution in [0.5, 0.6) is 0 Å². The van der Waals surface area contributed by atoms with Crippen LogP contribution >= 0.6 is 24.0 Å². The molecule has 2 aliphatic rings. The summed E-state index contributed by atoms with van der Waals surface area (Å²) in [6.07, 6.45) is 4.09. The summed E-state index contributed by atoms with van der Waals surface area (Å²) in [7, 11) is 1.83. The van der Waals surface area contributed by atoms with Crippen LogP contribution in [-0.2, 0) is 17.8 Å². The van der Waals surface area contributed by atoms with Gasteiger partial charge in [-0.15, -0.1) is 24.0 Å². The smallest absolute Gasteiger partial charge is 0.191 e. The van der Waals surface area contributed by atoms with E-state index in [2.05, 4.69) is 49.7 Å². The number of likely N-dealkylation sites (tertiary alicyclic amines) is 1. The largest absolute Gasteiger partial charge is 0.379 e. The highest BCUT2D eigenvalue weighted by Gasteiger charge is 2.11. The van der Waals surface area contributed by atoms with E-state index in [0.29, 0.717) is 0 Å². The first-order valence-electron chi connectivity index (χ1n) is 10.4.